The van der Waals surface area contributed by atoms with Crippen molar-refractivity contribution in [2.24, 2.45) is 11.7 Å². The van der Waals surface area contributed by atoms with Crippen LogP contribution in [0.1, 0.15) is 65.1 Å². The molecule has 0 aromatic heterocycles. The summed E-state index contributed by atoms with van der Waals surface area (Å²) >= 11 is 0. The number of nitrogens with zero attached hydrogens (tertiary/aromatic N) is 1. The molecule has 4 aromatic carbocycles. The summed E-state index contributed by atoms with van der Waals surface area (Å²) in [5.74, 6) is -4.90. The summed E-state index contributed by atoms with van der Waals surface area (Å²) < 4.78 is 65.4. The molecule has 4 amide bonds. The van der Waals surface area contributed by atoms with Crippen molar-refractivity contribution >= 4 is 39.3 Å². The highest BCUT2D eigenvalue weighted by Gasteiger charge is 2.32. The van der Waals surface area contributed by atoms with Crippen LogP contribution >= 0.6 is 0 Å². The highest BCUT2D eigenvalue weighted by atomic mass is 32.2. The number of sulfonamides is 1. The van der Waals surface area contributed by atoms with E-state index in [1.165, 1.54) is 32.4 Å². The Kier molecular flexibility index (Phi) is 16.7. The van der Waals surface area contributed by atoms with Crippen LogP contribution in [0.25, 0.3) is 0 Å². The summed E-state index contributed by atoms with van der Waals surface area (Å²) in [4.78, 5) is 54.4. The number of methoxy groups -OCH3 is 1. The predicted molar refractivity (Wildman–Crippen MR) is 224 cm³/mol. The molecule has 322 valence electrons. The van der Waals surface area contributed by atoms with Gasteiger partial charge in [0.15, 0.2) is 0 Å². The smallest absolute Gasteiger partial charge is 0.251 e. The van der Waals surface area contributed by atoms with Gasteiger partial charge in [0.1, 0.15) is 36.1 Å². The van der Waals surface area contributed by atoms with E-state index in [4.69, 9.17) is 15.2 Å². The van der Waals surface area contributed by atoms with Crippen LogP contribution in [-0.4, -0.2) is 83.3 Å². The van der Waals surface area contributed by atoms with Crippen LogP contribution in [0, 0.1) is 17.6 Å². The van der Waals surface area contributed by atoms with Crippen molar-refractivity contribution in [3.63, 3.8) is 0 Å². The normalized spacial score (nSPS) is 13.9. The van der Waals surface area contributed by atoms with E-state index < -0.39 is 82.2 Å². The maximum absolute atomic E-state index is 14.1. The average Bonchev–Trinajstić information content (AvgIpc) is 3.21. The highest BCUT2D eigenvalue weighted by molar-refractivity contribution is 7.92. The minimum Gasteiger partial charge on any atom is -0.491 e. The maximum atomic E-state index is 14.1. The lowest BCUT2D eigenvalue weighted by Crippen LogP contribution is -2.56. The Morgan fingerprint density at radius 2 is 1.35 bits per heavy atom. The lowest BCUT2D eigenvalue weighted by Gasteiger charge is -2.29. The molecule has 60 heavy (non-hydrogen) atoms. The Balaban J connectivity index is 1.60. The number of rotatable bonds is 20. The number of amides is 4. The lowest BCUT2D eigenvalue weighted by atomic mass is 9.99. The number of halogens is 2. The van der Waals surface area contributed by atoms with E-state index in [1.54, 1.807) is 20.8 Å². The number of carbonyl (C=O) groups excluding carboxylic acids is 4. The van der Waals surface area contributed by atoms with E-state index in [0.29, 0.717) is 6.07 Å². The zero-order valence-corrected chi connectivity index (χ0v) is 35.1. The molecule has 0 unspecified atom stereocenters. The van der Waals surface area contributed by atoms with E-state index in [1.807, 2.05) is 60.7 Å². The largest absolute Gasteiger partial charge is 0.491 e. The van der Waals surface area contributed by atoms with Crippen molar-refractivity contribution < 1.29 is 45.9 Å². The number of hydrogen-bond donors (Lipinski definition) is 5. The van der Waals surface area contributed by atoms with Crippen LogP contribution in [0.2, 0.25) is 0 Å². The molecule has 0 aliphatic carbocycles. The number of carbonyl (C=O) groups is 4. The van der Waals surface area contributed by atoms with Gasteiger partial charge in [-0.2, -0.15) is 0 Å². The molecule has 0 fully saturated rings. The van der Waals surface area contributed by atoms with Crippen LogP contribution in [-0.2, 0) is 30.9 Å². The zero-order valence-electron chi connectivity index (χ0n) is 34.3. The first-order chi connectivity index (χ1) is 28.4. The van der Waals surface area contributed by atoms with Gasteiger partial charge in [-0.15, -0.1) is 0 Å². The first kappa shape index (κ1) is 46.8. The molecule has 17 heteroatoms. The molecule has 0 spiro atoms. The topological polar surface area (TPSA) is 198 Å². The van der Waals surface area contributed by atoms with E-state index in [0.717, 1.165) is 33.8 Å². The molecule has 0 saturated heterocycles. The Labute approximate surface area is 349 Å². The van der Waals surface area contributed by atoms with Crippen LogP contribution in [0.3, 0.4) is 0 Å². The second-order valence-corrected chi connectivity index (χ2v) is 16.7. The van der Waals surface area contributed by atoms with E-state index in [9.17, 15) is 36.4 Å². The number of hydrogen-bond acceptors (Lipinski definition) is 9. The van der Waals surface area contributed by atoms with Crippen LogP contribution in [0.4, 0.5) is 14.5 Å². The molecule has 0 aliphatic rings. The van der Waals surface area contributed by atoms with Crippen molar-refractivity contribution in [3.05, 3.63) is 131 Å². The van der Waals surface area contributed by atoms with Gasteiger partial charge >= 0.3 is 0 Å². The summed E-state index contributed by atoms with van der Waals surface area (Å²) in [7, 11) is -1.33. The van der Waals surface area contributed by atoms with Gasteiger partial charge in [0.2, 0.25) is 21.8 Å². The molecule has 0 aliphatic heterocycles. The van der Waals surface area contributed by atoms with Crippen LogP contribution < -0.4 is 36.0 Å². The fourth-order valence-electron chi connectivity index (χ4n) is 6.07. The number of ether oxygens (including phenoxy) is 2. The number of anilines is 1. The average molecular weight is 851 g/mol. The monoisotopic (exact) mass is 850 g/mol. The van der Waals surface area contributed by atoms with E-state index in [-0.39, 0.29) is 41.4 Å². The Morgan fingerprint density at radius 3 is 1.90 bits per heavy atom. The third kappa shape index (κ3) is 13.6. The molecule has 6 N–H and O–H groups in total. The van der Waals surface area contributed by atoms with Crippen molar-refractivity contribution in [3.8, 4) is 5.75 Å². The van der Waals surface area contributed by atoms with Crippen LogP contribution in [0.5, 0.6) is 5.75 Å². The number of nitrogens with two attached hydrogens (primary N) is 1. The summed E-state index contributed by atoms with van der Waals surface area (Å²) in [6.45, 7) is 5.07. The highest BCUT2D eigenvalue weighted by Crippen LogP contribution is 2.23. The molecule has 0 radical (unpaired) electrons. The molecule has 4 aromatic rings. The third-order valence-electron chi connectivity index (χ3n) is 9.67. The Morgan fingerprint density at radius 1 is 0.783 bits per heavy atom. The summed E-state index contributed by atoms with van der Waals surface area (Å²) in [5, 5.41) is 11.1. The molecule has 4 rings (SSSR count). The van der Waals surface area contributed by atoms with Crippen molar-refractivity contribution in [1.29, 1.82) is 0 Å². The molecular weight excluding hydrogens is 799 g/mol. The summed E-state index contributed by atoms with van der Waals surface area (Å²) in [6, 6.07) is 21.0. The Bertz CT molecular complexity index is 2200. The van der Waals surface area contributed by atoms with Crippen molar-refractivity contribution in [1.82, 2.24) is 21.3 Å². The number of benzene rings is 4. The summed E-state index contributed by atoms with van der Waals surface area (Å²) in [6.07, 6.45) is -0.531. The standard InChI is InChI=1S/C43H52F2N6O8S/c1-26(2)39(43(55)47-24-28-13-9-7-10-14-28)50-42(54)38(58-5)23-36(46)37(25-59-35-21-32(44)20-33(45)22-35)49-41(53)31-17-30(18-34(19-31)51(4)60(6,56)57)40(52)48-27(3)29-15-11-8-12-16-29/h7-22,26-27,36-39H,23-25,46H2,1-6H3,(H,47,55)(H,48,52)(H,49,53)(H,50,54)/t27-,36+,37+,38-,39+/m1/s1. The van der Waals surface area contributed by atoms with Gasteiger partial charge in [-0.25, -0.2) is 17.2 Å². The van der Waals surface area contributed by atoms with Crippen LogP contribution in [0.15, 0.2) is 97.1 Å². The third-order valence-corrected chi connectivity index (χ3v) is 10.9. The molecule has 0 bridgehead atoms. The van der Waals surface area contributed by atoms with Crippen molar-refractivity contribution in [2.75, 3.05) is 31.3 Å². The minimum atomic E-state index is -3.86. The minimum absolute atomic E-state index is 0.00127. The fraction of sp³-hybridized carbons (Fsp3) is 0.349. The molecule has 14 nitrogen and oxygen atoms in total. The number of nitrogens with one attached hydrogen (secondary N) is 4. The second kappa shape index (κ2) is 21.4. The quantitative estimate of drug-likeness (QED) is 0.0865. The molecule has 0 saturated carbocycles. The lowest BCUT2D eigenvalue weighted by molar-refractivity contribution is -0.136. The maximum Gasteiger partial charge on any atom is 0.251 e. The van der Waals surface area contributed by atoms with Gasteiger partial charge in [-0.1, -0.05) is 74.5 Å². The fourth-order valence-corrected chi connectivity index (χ4v) is 6.56. The molecular formula is C43H52F2N6O8S. The van der Waals surface area contributed by atoms with Gasteiger partial charge in [0.25, 0.3) is 11.8 Å². The summed E-state index contributed by atoms with van der Waals surface area (Å²) in [5.41, 5.74) is 8.12. The van der Waals surface area contributed by atoms with Gasteiger partial charge < -0.3 is 36.5 Å². The van der Waals surface area contributed by atoms with Crippen molar-refractivity contribution in [2.45, 2.75) is 64.0 Å². The zero-order chi connectivity index (χ0) is 44.1. The first-order valence-corrected chi connectivity index (χ1v) is 21.0. The Hall–Kier alpha value is -5.91. The van der Waals surface area contributed by atoms with Gasteiger partial charge in [0, 0.05) is 56.1 Å². The van der Waals surface area contributed by atoms with Gasteiger partial charge in [0.05, 0.1) is 24.0 Å². The first-order valence-electron chi connectivity index (χ1n) is 19.1. The second-order valence-electron chi connectivity index (χ2n) is 14.7. The van der Waals surface area contributed by atoms with E-state index in [2.05, 4.69) is 21.3 Å². The SMILES string of the molecule is CO[C@H](C[C@H](N)[C@H](COc1cc(F)cc(F)c1)NC(=O)c1cc(C(=O)N[C@H](C)c2ccccc2)cc(N(C)S(C)(=O)=O)c1)C(=O)N[C@H](C(=O)NCc1ccccc1)C(C)C. The van der Waals surface area contributed by atoms with E-state index >= 15 is 0 Å². The van der Waals surface area contributed by atoms with Gasteiger partial charge in [-0.05, 0) is 48.6 Å². The molecule has 5 atom stereocenters. The molecule has 0 heterocycles. The van der Waals surface area contributed by atoms with Gasteiger partial charge in [-0.3, -0.25) is 23.5 Å². The predicted octanol–water partition coefficient (Wildman–Crippen LogP) is 4.22.